The van der Waals surface area contributed by atoms with Gasteiger partial charge in [-0.2, -0.15) is 0 Å². The number of benzene rings is 1. The third-order valence-corrected chi connectivity index (χ3v) is 8.07. The Hall–Kier alpha value is -2.19. The van der Waals surface area contributed by atoms with Crippen LogP contribution in [0.15, 0.2) is 24.3 Å². The number of amides is 2. The van der Waals surface area contributed by atoms with Crippen LogP contribution in [0.5, 0.6) is 0 Å². The normalized spacial score (nSPS) is 26.4. The zero-order valence-corrected chi connectivity index (χ0v) is 19.5. The molecule has 3 fully saturated rings. The summed E-state index contributed by atoms with van der Waals surface area (Å²) in [7, 11) is 0. The predicted octanol–water partition coefficient (Wildman–Crippen LogP) is 2.40. The number of hydrogen-bond acceptors (Lipinski definition) is 5. The van der Waals surface area contributed by atoms with Gasteiger partial charge in [0.05, 0.1) is 0 Å². The van der Waals surface area contributed by atoms with Crippen LogP contribution in [-0.4, -0.2) is 62.3 Å². The lowest BCUT2D eigenvalue weighted by Crippen LogP contribution is -2.56. The highest BCUT2D eigenvalue weighted by molar-refractivity contribution is 5.73. The summed E-state index contributed by atoms with van der Waals surface area (Å²) in [5.74, 6) is 0.503. The summed E-state index contributed by atoms with van der Waals surface area (Å²) in [6.45, 7) is 7.14. The largest absolute Gasteiger partial charge is 0.446 e. The predicted molar refractivity (Wildman–Crippen MR) is 124 cm³/mol. The highest BCUT2D eigenvalue weighted by atomic mass is 19.1. The van der Waals surface area contributed by atoms with Crippen molar-refractivity contribution in [2.24, 2.45) is 23.5 Å². The van der Waals surface area contributed by atoms with E-state index in [9.17, 15) is 14.0 Å². The molecule has 0 aromatic heterocycles. The molecule has 0 spiro atoms. The second-order valence-corrected chi connectivity index (χ2v) is 10.1. The summed E-state index contributed by atoms with van der Waals surface area (Å²) in [6, 6.07) is 6.77. The average molecular weight is 461 g/mol. The van der Waals surface area contributed by atoms with Crippen LogP contribution in [0.1, 0.15) is 44.6 Å². The molecule has 0 radical (unpaired) electrons. The number of nitrogens with two attached hydrogens (primary N) is 1. The van der Waals surface area contributed by atoms with Crippen LogP contribution >= 0.6 is 0 Å². The van der Waals surface area contributed by atoms with E-state index in [2.05, 4.69) is 15.5 Å². The Balaban J connectivity index is 1.67. The number of primary amides is 1. The fraction of sp³-hybridized carbons (Fsp3) is 0.680. The molecule has 2 saturated heterocycles. The summed E-state index contributed by atoms with van der Waals surface area (Å²) >= 11 is 0. The van der Waals surface area contributed by atoms with Crippen LogP contribution in [0, 0.1) is 23.6 Å². The molecule has 182 valence electrons. The molecule has 1 aromatic carbocycles. The van der Waals surface area contributed by atoms with E-state index in [0.717, 1.165) is 76.3 Å². The lowest BCUT2D eigenvalue weighted by atomic mass is 9.58. The van der Waals surface area contributed by atoms with Gasteiger partial charge in [-0.15, -0.1) is 0 Å². The smallest absolute Gasteiger partial charge is 0.404 e. The number of halogens is 1. The third-order valence-electron chi connectivity index (χ3n) is 8.07. The fourth-order valence-electron chi connectivity index (χ4n) is 6.46. The molecule has 7 nitrogen and oxygen atoms in total. The number of rotatable bonds is 8. The standard InChI is InChI=1S/C25H37FN4O3/c1-17(31)29-16-25(20-4-2-5-21(26)12-20,22-6-3-7-23(22)33-24(27)32)19-8-10-30(11-9-19)15-18-13-28-14-18/h2,4-5,12,18-19,22-23,28H,3,6-11,13-16H2,1H3,(H2,27,32)(H,29,31)/t22-,23-,25-/m0/s1. The van der Waals surface area contributed by atoms with Crippen molar-refractivity contribution in [3.8, 4) is 0 Å². The number of nitrogens with zero attached hydrogens (tertiary/aromatic N) is 1. The molecule has 3 atom stereocenters. The van der Waals surface area contributed by atoms with Gasteiger partial charge in [0.15, 0.2) is 0 Å². The molecule has 3 aliphatic rings. The summed E-state index contributed by atoms with van der Waals surface area (Å²) in [5.41, 5.74) is 5.77. The molecule has 8 heteroatoms. The highest BCUT2D eigenvalue weighted by Gasteiger charge is 2.52. The van der Waals surface area contributed by atoms with Crippen LogP contribution in [0.2, 0.25) is 0 Å². The van der Waals surface area contributed by atoms with Crippen molar-refractivity contribution in [2.45, 2.75) is 50.5 Å². The molecule has 1 aliphatic carbocycles. The van der Waals surface area contributed by atoms with Gasteiger partial charge in [0.1, 0.15) is 11.9 Å². The van der Waals surface area contributed by atoms with Gasteiger partial charge in [-0.1, -0.05) is 12.1 Å². The van der Waals surface area contributed by atoms with Gasteiger partial charge in [-0.3, -0.25) is 4.79 Å². The number of piperidine rings is 1. The maximum absolute atomic E-state index is 14.5. The van der Waals surface area contributed by atoms with E-state index >= 15 is 0 Å². The first-order chi connectivity index (χ1) is 15.9. The molecule has 1 aromatic rings. The number of hydrogen-bond donors (Lipinski definition) is 3. The topological polar surface area (TPSA) is 96.7 Å². The van der Waals surface area contributed by atoms with Crippen molar-refractivity contribution in [1.82, 2.24) is 15.5 Å². The second-order valence-electron chi connectivity index (χ2n) is 10.1. The summed E-state index contributed by atoms with van der Waals surface area (Å²) in [4.78, 5) is 26.3. The van der Waals surface area contributed by atoms with Crippen LogP contribution in [0.3, 0.4) is 0 Å². The van der Waals surface area contributed by atoms with Crippen molar-refractivity contribution in [3.63, 3.8) is 0 Å². The van der Waals surface area contributed by atoms with Crippen LogP contribution in [0.4, 0.5) is 9.18 Å². The monoisotopic (exact) mass is 460 g/mol. The summed E-state index contributed by atoms with van der Waals surface area (Å²) in [5, 5.41) is 6.40. The summed E-state index contributed by atoms with van der Waals surface area (Å²) in [6.07, 6.45) is 3.29. The minimum Gasteiger partial charge on any atom is -0.446 e. The van der Waals surface area contributed by atoms with Gasteiger partial charge < -0.3 is 26.0 Å². The number of ether oxygens (including phenoxy) is 1. The molecule has 0 bridgehead atoms. The van der Waals surface area contributed by atoms with Crippen molar-refractivity contribution >= 4 is 12.0 Å². The second kappa shape index (κ2) is 10.4. The van der Waals surface area contributed by atoms with Gasteiger partial charge in [-0.05, 0) is 74.7 Å². The van der Waals surface area contributed by atoms with Crippen molar-refractivity contribution in [2.75, 3.05) is 39.3 Å². The zero-order valence-electron chi connectivity index (χ0n) is 19.5. The number of nitrogens with one attached hydrogen (secondary N) is 2. The number of carbonyl (C=O) groups excluding carboxylic acids is 2. The van der Waals surface area contributed by atoms with Gasteiger partial charge in [0.2, 0.25) is 5.91 Å². The van der Waals surface area contributed by atoms with E-state index in [1.807, 2.05) is 6.07 Å². The van der Waals surface area contributed by atoms with Gasteiger partial charge in [0, 0.05) is 44.4 Å². The molecule has 2 amide bonds. The maximum atomic E-state index is 14.5. The van der Waals surface area contributed by atoms with E-state index in [0.29, 0.717) is 6.54 Å². The molecule has 4 rings (SSSR count). The van der Waals surface area contributed by atoms with E-state index in [1.54, 1.807) is 12.1 Å². The Kier molecular flexibility index (Phi) is 7.54. The van der Waals surface area contributed by atoms with Crippen LogP contribution in [0.25, 0.3) is 0 Å². The first kappa shape index (κ1) is 24.0. The minimum atomic E-state index is -0.775. The fourth-order valence-corrected chi connectivity index (χ4v) is 6.46. The Morgan fingerprint density at radius 3 is 2.61 bits per heavy atom. The minimum absolute atomic E-state index is 0.0361. The van der Waals surface area contributed by atoms with E-state index in [4.69, 9.17) is 10.5 Å². The van der Waals surface area contributed by atoms with Crippen molar-refractivity contribution in [3.05, 3.63) is 35.6 Å². The number of likely N-dealkylation sites (tertiary alicyclic amines) is 1. The molecule has 2 heterocycles. The summed E-state index contributed by atoms with van der Waals surface area (Å²) < 4.78 is 20.1. The molecule has 4 N–H and O–H groups in total. The molecule has 1 saturated carbocycles. The van der Waals surface area contributed by atoms with Gasteiger partial charge in [0.25, 0.3) is 0 Å². The van der Waals surface area contributed by atoms with E-state index < -0.39 is 11.5 Å². The SMILES string of the molecule is CC(=O)NC[C@@](c1cccc(F)c1)(C1CCN(CC2CNC2)CC1)[C@H]1CCC[C@@H]1OC(N)=O. The quantitative estimate of drug-likeness (QED) is 0.554. The van der Waals surface area contributed by atoms with Crippen molar-refractivity contribution < 1.29 is 18.7 Å². The highest BCUT2D eigenvalue weighted by Crippen LogP contribution is 2.51. The van der Waals surface area contributed by atoms with E-state index in [-0.39, 0.29) is 29.7 Å². The van der Waals surface area contributed by atoms with Crippen LogP contribution in [-0.2, 0) is 14.9 Å². The number of carbonyl (C=O) groups is 2. The molecule has 0 unspecified atom stereocenters. The average Bonchev–Trinajstić information content (AvgIpc) is 3.20. The van der Waals surface area contributed by atoms with Gasteiger partial charge >= 0.3 is 6.09 Å². The first-order valence-corrected chi connectivity index (χ1v) is 12.3. The molecule has 2 aliphatic heterocycles. The van der Waals surface area contributed by atoms with Crippen molar-refractivity contribution in [1.29, 1.82) is 0 Å². The third kappa shape index (κ3) is 5.32. The Morgan fingerprint density at radius 2 is 2.00 bits per heavy atom. The molecule has 33 heavy (non-hydrogen) atoms. The Bertz CT molecular complexity index is 841. The molecular formula is C25H37FN4O3. The zero-order chi connectivity index (χ0) is 23.4. The van der Waals surface area contributed by atoms with Gasteiger partial charge in [-0.25, -0.2) is 9.18 Å². The van der Waals surface area contributed by atoms with Crippen LogP contribution < -0.4 is 16.4 Å². The lowest BCUT2D eigenvalue weighted by Gasteiger charge is -2.50. The first-order valence-electron chi connectivity index (χ1n) is 12.3. The van der Waals surface area contributed by atoms with E-state index in [1.165, 1.54) is 13.0 Å². The lowest BCUT2D eigenvalue weighted by molar-refractivity contribution is -0.119. The Morgan fingerprint density at radius 1 is 1.24 bits per heavy atom. The maximum Gasteiger partial charge on any atom is 0.404 e. The molecular weight excluding hydrogens is 423 g/mol. The Labute approximate surface area is 195 Å².